The summed E-state index contributed by atoms with van der Waals surface area (Å²) in [4.78, 5) is 24.7. The zero-order chi connectivity index (χ0) is 15.9. The molecule has 2 aliphatic rings. The van der Waals surface area contributed by atoms with Gasteiger partial charge in [0.25, 0.3) is 5.91 Å². The van der Waals surface area contributed by atoms with Crippen molar-refractivity contribution in [2.45, 2.75) is 25.3 Å². The summed E-state index contributed by atoms with van der Waals surface area (Å²) in [5, 5.41) is 3.61. The van der Waals surface area contributed by atoms with E-state index in [0.717, 1.165) is 38.2 Å². The highest BCUT2D eigenvalue weighted by molar-refractivity contribution is 5.91. The number of nitrogens with zero attached hydrogens (tertiary/aromatic N) is 5. The molecule has 1 aliphatic carbocycles. The highest BCUT2D eigenvalue weighted by Crippen LogP contribution is 2.50. The summed E-state index contributed by atoms with van der Waals surface area (Å²) in [7, 11) is 2.08. The average molecular weight is 313 g/mol. The molecule has 1 spiro atoms. The van der Waals surface area contributed by atoms with E-state index in [0.29, 0.717) is 11.8 Å². The van der Waals surface area contributed by atoms with Crippen molar-refractivity contribution in [2.24, 2.45) is 5.41 Å². The summed E-state index contributed by atoms with van der Waals surface area (Å²) in [5.74, 6) is 1.23. The molecular weight excluding hydrogens is 294 g/mol. The largest absolute Gasteiger partial charge is 0.357 e. The van der Waals surface area contributed by atoms with Crippen molar-refractivity contribution in [3.8, 4) is 0 Å². The van der Waals surface area contributed by atoms with Crippen LogP contribution < -0.4 is 4.90 Å². The number of hydrogen-bond donors (Lipinski definition) is 0. The molecular formula is C16H19N5O2. The second-order valence-corrected chi connectivity index (χ2v) is 6.59. The molecule has 2 aromatic heterocycles. The van der Waals surface area contributed by atoms with Crippen molar-refractivity contribution in [1.82, 2.24) is 20.0 Å². The normalized spacial score (nSPS) is 26.3. The van der Waals surface area contributed by atoms with Gasteiger partial charge in [0.2, 0.25) is 5.76 Å². The van der Waals surface area contributed by atoms with E-state index in [4.69, 9.17) is 4.52 Å². The summed E-state index contributed by atoms with van der Waals surface area (Å²) in [6.45, 7) is 1.60. The number of amides is 1. The molecule has 1 saturated heterocycles. The Bertz CT molecular complexity index is 682. The Morgan fingerprint density at radius 2 is 2.26 bits per heavy atom. The van der Waals surface area contributed by atoms with Crippen LogP contribution >= 0.6 is 0 Å². The van der Waals surface area contributed by atoms with E-state index in [1.165, 1.54) is 6.20 Å². The Balaban J connectivity index is 1.37. The van der Waals surface area contributed by atoms with E-state index in [1.54, 1.807) is 18.6 Å². The lowest BCUT2D eigenvalue weighted by atomic mass is 9.64. The first-order valence-corrected chi connectivity index (χ1v) is 7.86. The van der Waals surface area contributed by atoms with Crippen LogP contribution in [0.15, 0.2) is 35.4 Å². The molecule has 7 heteroatoms. The Labute approximate surface area is 134 Å². The number of hydrogen-bond acceptors (Lipinski definition) is 6. The lowest BCUT2D eigenvalue weighted by Gasteiger charge is -2.49. The second kappa shape index (κ2) is 5.33. The van der Waals surface area contributed by atoms with Crippen molar-refractivity contribution >= 4 is 11.7 Å². The van der Waals surface area contributed by atoms with Gasteiger partial charge in [-0.15, -0.1) is 0 Å². The summed E-state index contributed by atoms with van der Waals surface area (Å²) in [5.41, 5.74) is 0.252. The van der Waals surface area contributed by atoms with Gasteiger partial charge in [0.15, 0.2) is 0 Å². The summed E-state index contributed by atoms with van der Waals surface area (Å²) in [6, 6.07) is 4.03. The van der Waals surface area contributed by atoms with Crippen LogP contribution in [-0.2, 0) is 0 Å². The molecule has 0 N–H and O–H groups in total. The first-order chi connectivity index (χ1) is 11.2. The highest BCUT2D eigenvalue weighted by atomic mass is 16.5. The SMILES string of the molecule is CN(c1ccncn1)C1CC2(CCN(C(=O)c3ccno3)C2)C1. The number of anilines is 1. The first-order valence-electron chi connectivity index (χ1n) is 7.86. The van der Waals surface area contributed by atoms with Crippen LogP contribution in [0.25, 0.3) is 0 Å². The summed E-state index contributed by atoms with van der Waals surface area (Å²) < 4.78 is 4.98. The molecule has 23 heavy (non-hydrogen) atoms. The zero-order valence-electron chi connectivity index (χ0n) is 13.1. The van der Waals surface area contributed by atoms with E-state index in [1.807, 2.05) is 11.0 Å². The van der Waals surface area contributed by atoms with Crippen LogP contribution in [0.1, 0.15) is 29.8 Å². The Hall–Kier alpha value is -2.44. The third kappa shape index (κ3) is 2.46. The van der Waals surface area contributed by atoms with Gasteiger partial charge in [-0.25, -0.2) is 9.97 Å². The van der Waals surface area contributed by atoms with Crippen molar-refractivity contribution in [3.63, 3.8) is 0 Å². The van der Waals surface area contributed by atoms with Crippen molar-refractivity contribution in [3.05, 3.63) is 36.6 Å². The second-order valence-electron chi connectivity index (χ2n) is 6.59. The standard InChI is InChI=1S/C16H19N5O2/c1-20(14-3-5-17-11-18-14)12-8-16(9-12)4-7-21(10-16)15(22)13-2-6-19-23-13/h2-3,5-6,11-12H,4,7-10H2,1H3. The van der Waals surface area contributed by atoms with Crippen LogP contribution in [0, 0.1) is 5.41 Å². The molecule has 0 bridgehead atoms. The Morgan fingerprint density at radius 3 is 2.96 bits per heavy atom. The van der Waals surface area contributed by atoms with E-state index in [9.17, 15) is 4.79 Å². The van der Waals surface area contributed by atoms with Gasteiger partial charge < -0.3 is 14.3 Å². The number of aromatic nitrogens is 3. The fourth-order valence-electron chi connectivity index (χ4n) is 3.82. The molecule has 2 aromatic rings. The van der Waals surface area contributed by atoms with Crippen LogP contribution in [0.4, 0.5) is 5.82 Å². The molecule has 0 aromatic carbocycles. The fraction of sp³-hybridized carbons (Fsp3) is 0.500. The number of rotatable bonds is 3. The minimum absolute atomic E-state index is 0.0491. The predicted octanol–water partition coefficient (Wildman–Crippen LogP) is 1.60. The molecule has 4 rings (SSSR count). The summed E-state index contributed by atoms with van der Waals surface area (Å²) >= 11 is 0. The molecule has 0 radical (unpaired) electrons. The molecule has 2 fully saturated rings. The molecule has 0 atom stereocenters. The molecule has 1 saturated carbocycles. The molecule has 0 unspecified atom stereocenters. The third-order valence-corrected chi connectivity index (χ3v) is 5.19. The van der Waals surface area contributed by atoms with Gasteiger partial charge >= 0.3 is 0 Å². The molecule has 1 amide bonds. The maximum absolute atomic E-state index is 12.3. The summed E-state index contributed by atoms with van der Waals surface area (Å²) in [6.07, 6.45) is 8.09. The number of carbonyl (C=O) groups is 1. The van der Waals surface area contributed by atoms with Crippen LogP contribution in [0.3, 0.4) is 0 Å². The maximum atomic E-state index is 12.3. The average Bonchev–Trinajstić information content (AvgIpc) is 3.22. The van der Waals surface area contributed by atoms with E-state index in [2.05, 4.69) is 27.1 Å². The zero-order valence-corrected chi connectivity index (χ0v) is 13.1. The maximum Gasteiger partial charge on any atom is 0.292 e. The van der Waals surface area contributed by atoms with Gasteiger partial charge in [0.1, 0.15) is 12.1 Å². The number of likely N-dealkylation sites (tertiary alicyclic amines) is 1. The van der Waals surface area contributed by atoms with Crippen molar-refractivity contribution < 1.29 is 9.32 Å². The fourth-order valence-corrected chi connectivity index (χ4v) is 3.82. The van der Waals surface area contributed by atoms with Crippen LogP contribution in [0.2, 0.25) is 0 Å². The van der Waals surface area contributed by atoms with Gasteiger partial charge in [0.05, 0.1) is 6.20 Å². The molecule has 1 aliphatic heterocycles. The highest BCUT2D eigenvalue weighted by Gasteiger charge is 2.51. The Kier molecular flexibility index (Phi) is 3.28. The molecule has 3 heterocycles. The number of carbonyl (C=O) groups excluding carboxylic acids is 1. The van der Waals surface area contributed by atoms with Crippen molar-refractivity contribution in [1.29, 1.82) is 0 Å². The van der Waals surface area contributed by atoms with Gasteiger partial charge in [-0.05, 0) is 30.7 Å². The third-order valence-electron chi connectivity index (χ3n) is 5.19. The van der Waals surface area contributed by atoms with E-state index < -0.39 is 0 Å². The van der Waals surface area contributed by atoms with Crippen molar-refractivity contribution in [2.75, 3.05) is 25.0 Å². The van der Waals surface area contributed by atoms with E-state index >= 15 is 0 Å². The van der Waals surface area contributed by atoms with Gasteiger partial charge in [0, 0.05) is 38.4 Å². The lowest BCUT2D eigenvalue weighted by molar-refractivity contribution is 0.0662. The predicted molar refractivity (Wildman–Crippen MR) is 82.9 cm³/mol. The molecule has 120 valence electrons. The first kappa shape index (κ1) is 14.2. The lowest BCUT2D eigenvalue weighted by Crippen LogP contribution is -2.51. The minimum atomic E-state index is -0.0491. The topological polar surface area (TPSA) is 75.4 Å². The monoisotopic (exact) mass is 313 g/mol. The van der Waals surface area contributed by atoms with Gasteiger partial charge in [-0.3, -0.25) is 4.79 Å². The van der Waals surface area contributed by atoms with Crippen LogP contribution in [-0.4, -0.2) is 52.1 Å². The van der Waals surface area contributed by atoms with E-state index in [-0.39, 0.29) is 11.3 Å². The van der Waals surface area contributed by atoms with Crippen LogP contribution in [0.5, 0.6) is 0 Å². The Morgan fingerprint density at radius 1 is 1.39 bits per heavy atom. The van der Waals surface area contributed by atoms with Gasteiger partial charge in [-0.1, -0.05) is 5.16 Å². The minimum Gasteiger partial charge on any atom is -0.357 e. The van der Waals surface area contributed by atoms with Gasteiger partial charge in [-0.2, -0.15) is 0 Å². The molecule has 7 nitrogen and oxygen atoms in total. The quantitative estimate of drug-likeness (QED) is 0.856. The smallest absolute Gasteiger partial charge is 0.292 e.